The minimum atomic E-state index is 0.0362. The van der Waals surface area contributed by atoms with E-state index in [0.29, 0.717) is 19.7 Å². The summed E-state index contributed by atoms with van der Waals surface area (Å²) in [6, 6.07) is 0. The van der Waals surface area contributed by atoms with Crippen molar-refractivity contribution in [1.82, 2.24) is 25.1 Å². The number of rotatable bonds is 3. The summed E-state index contributed by atoms with van der Waals surface area (Å²) in [5.41, 5.74) is 0. The number of nitrogens with zero attached hydrogens (tertiary/aromatic N) is 5. The first-order valence-electron chi connectivity index (χ1n) is 5.39. The largest absolute Gasteiger partial charge is 0.375 e. The van der Waals surface area contributed by atoms with Gasteiger partial charge in [-0.3, -0.25) is 4.79 Å². The zero-order valence-corrected chi connectivity index (χ0v) is 9.24. The molecule has 0 aliphatic carbocycles. The lowest BCUT2D eigenvalue weighted by Gasteiger charge is -2.32. The van der Waals surface area contributed by atoms with Crippen LogP contribution in [0, 0.1) is 0 Å². The van der Waals surface area contributed by atoms with Crippen molar-refractivity contribution >= 4 is 5.91 Å². The van der Waals surface area contributed by atoms with Gasteiger partial charge in [0.15, 0.2) is 0 Å². The molecule has 1 fully saturated rings. The van der Waals surface area contributed by atoms with Crippen molar-refractivity contribution in [2.75, 3.05) is 19.7 Å². The number of carbonyl (C=O) groups excluding carboxylic acids is 1. The van der Waals surface area contributed by atoms with Gasteiger partial charge in [-0.25, -0.2) is 4.68 Å². The lowest BCUT2D eigenvalue weighted by atomic mass is 10.2. The Labute approximate surface area is 93.4 Å². The topological polar surface area (TPSA) is 73.1 Å². The van der Waals surface area contributed by atoms with Crippen LogP contribution in [0.2, 0.25) is 0 Å². The summed E-state index contributed by atoms with van der Waals surface area (Å²) in [5, 5.41) is 10.6. The predicted octanol–water partition coefficient (Wildman–Crippen LogP) is -0.689. The van der Waals surface area contributed by atoms with E-state index in [1.807, 2.05) is 0 Å². The van der Waals surface area contributed by atoms with E-state index in [0.717, 1.165) is 6.42 Å². The second kappa shape index (κ2) is 5.02. The fourth-order valence-corrected chi connectivity index (χ4v) is 1.68. The Hall–Kier alpha value is -1.50. The Morgan fingerprint density at radius 1 is 1.62 bits per heavy atom. The van der Waals surface area contributed by atoms with Gasteiger partial charge in [0.25, 0.3) is 0 Å². The predicted molar refractivity (Wildman–Crippen MR) is 54.4 cm³/mol. The minimum Gasteiger partial charge on any atom is -0.375 e. The third kappa shape index (κ3) is 2.54. The Morgan fingerprint density at radius 3 is 3.19 bits per heavy atom. The van der Waals surface area contributed by atoms with Crippen molar-refractivity contribution in [3.8, 4) is 0 Å². The standard InChI is InChI=1S/C9H15N5O2/c1-2-8-5-13(3-4-16-8)9(15)6-14-7-10-11-12-14/h7-8H,2-6H2,1H3/t8-/m1/s1. The molecule has 16 heavy (non-hydrogen) atoms. The van der Waals surface area contributed by atoms with Crippen LogP contribution in [0.3, 0.4) is 0 Å². The third-order valence-corrected chi connectivity index (χ3v) is 2.64. The molecule has 7 heteroatoms. The zero-order chi connectivity index (χ0) is 11.4. The highest BCUT2D eigenvalue weighted by atomic mass is 16.5. The molecule has 7 nitrogen and oxygen atoms in total. The average molecular weight is 225 g/mol. The summed E-state index contributed by atoms with van der Waals surface area (Å²) >= 11 is 0. The molecule has 0 N–H and O–H groups in total. The Balaban J connectivity index is 1.89. The monoisotopic (exact) mass is 225 g/mol. The van der Waals surface area contributed by atoms with Crippen LogP contribution in [0.4, 0.5) is 0 Å². The Bertz CT molecular complexity index is 340. The molecule has 0 bridgehead atoms. The van der Waals surface area contributed by atoms with Gasteiger partial charge in [-0.2, -0.15) is 0 Å². The maximum absolute atomic E-state index is 11.9. The van der Waals surface area contributed by atoms with Crippen molar-refractivity contribution in [3.63, 3.8) is 0 Å². The highest BCUT2D eigenvalue weighted by Gasteiger charge is 2.23. The number of hydrogen-bond donors (Lipinski definition) is 0. The molecule has 0 aromatic carbocycles. The molecule has 1 aromatic rings. The van der Waals surface area contributed by atoms with Gasteiger partial charge in [0.05, 0.1) is 12.7 Å². The van der Waals surface area contributed by atoms with E-state index in [1.54, 1.807) is 4.90 Å². The molecule has 1 aliphatic heterocycles. The lowest BCUT2D eigenvalue weighted by Crippen LogP contribution is -2.46. The molecule has 88 valence electrons. The quantitative estimate of drug-likeness (QED) is 0.680. The summed E-state index contributed by atoms with van der Waals surface area (Å²) in [6.45, 7) is 4.18. The van der Waals surface area contributed by atoms with Gasteiger partial charge in [0, 0.05) is 13.1 Å². The van der Waals surface area contributed by atoms with Crippen molar-refractivity contribution in [2.24, 2.45) is 0 Å². The van der Waals surface area contributed by atoms with Gasteiger partial charge < -0.3 is 9.64 Å². The molecule has 1 atom stereocenters. The van der Waals surface area contributed by atoms with E-state index >= 15 is 0 Å². The van der Waals surface area contributed by atoms with E-state index in [9.17, 15) is 4.79 Å². The van der Waals surface area contributed by atoms with Gasteiger partial charge in [-0.1, -0.05) is 6.92 Å². The molecular formula is C9H15N5O2. The SMILES string of the molecule is CC[C@@H]1CN(C(=O)Cn2cnnn2)CCO1. The number of tetrazole rings is 1. The van der Waals surface area contributed by atoms with E-state index in [2.05, 4.69) is 22.4 Å². The Morgan fingerprint density at radius 2 is 2.50 bits per heavy atom. The van der Waals surface area contributed by atoms with Crippen molar-refractivity contribution in [3.05, 3.63) is 6.33 Å². The van der Waals surface area contributed by atoms with Gasteiger partial charge in [0.2, 0.25) is 5.91 Å². The molecule has 0 saturated carbocycles. The third-order valence-electron chi connectivity index (χ3n) is 2.64. The first-order valence-corrected chi connectivity index (χ1v) is 5.39. The van der Waals surface area contributed by atoms with Gasteiger partial charge in [-0.15, -0.1) is 5.10 Å². The molecule has 0 unspecified atom stereocenters. The van der Waals surface area contributed by atoms with Crippen molar-refractivity contribution in [2.45, 2.75) is 26.0 Å². The second-order valence-electron chi connectivity index (χ2n) is 3.75. The maximum Gasteiger partial charge on any atom is 0.244 e. The van der Waals surface area contributed by atoms with Crippen LogP contribution < -0.4 is 0 Å². The average Bonchev–Trinajstić information content (AvgIpc) is 2.82. The zero-order valence-electron chi connectivity index (χ0n) is 9.24. The first-order chi connectivity index (χ1) is 7.79. The lowest BCUT2D eigenvalue weighted by molar-refractivity contribution is -0.139. The van der Waals surface area contributed by atoms with Crippen LogP contribution in [0.5, 0.6) is 0 Å². The first kappa shape index (κ1) is 11.0. The summed E-state index contributed by atoms with van der Waals surface area (Å²) < 4.78 is 6.93. The van der Waals surface area contributed by atoms with E-state index in [-0.39, 0.29) is 18.6 Å². The maximum atomic E-state index is 11.9. The van der Waals surface area contributed by atoms with Crippen LogP contribution in [0.1, 0.15) is 13.3 Å². The Kier molecular flexibility index (Phi) is 3.45. The van der Waals surface area contributed by atoms with Crippen LogP contribution in [-0.4, -0.2) is 56.8 Å². The number of aromatic nitrogens is 4. The molecule has 0 radical (unpaired) electrons. The van der Waals surface area contributed by atoms with Gasteiger partial charge in [0.1, 0.15) is 12.9 Å². The second-order valence-corrected chi connectivity index (χ2v) is 3.75. The fraction of sp³-hybridized carbons (Fsp3) is 0.778. The molecule has 0 spiro atoms. The van der Waals surface area contributed by atoms with Crippen LogP contribution in [-0.2, 0) is 16.1 Å². The number of carbonyl (C=O) groups is 1. The number of hydrogen-bond acceptors (Lipinski definition) is 5. The molecule has 1 amide bonds. The summed E-state index contributed by atoms with van der Waals surface area (Å²) in [6.07, 6.45) is 2.52. The van der Waals surface area contributed by atoms with Crippen molar-refractivity contribution in [1.29, 1.82) is 0 Å². The van der Waals surface area contributed by atoms with Crippen LogP contribution >= 0.6 is 0 Å². The highest BCUT2D eigenvalue weighted by Crippen LogP contribution is 2.08. The minimum absolute atomic E-state index is 0.0362. The molecule has 1 aliphatic rings. The van der Waals surface area contributed by atoms with Gasteiger partial charge in [-0.05, 0) is 16.8 Å². The molecule has 1 saturated heterocycles. The highest BCUT2D eigenvalue weighted by molar-refractivity contribution is 5.75. The van der Waals surface area contributed by atoms with E-state index in [1.165, 1.54) is 11.0 Å². The van der Waals surface area contributed by atoms with Crippen LogP contribution in [0.15, 0.2) is 6.33 Å². The summed E-state index contributed by atoms with van der Waals surface area (Å²) in [5.74, 6) is 0.0362. The number of ether oxygens (including phenoxy) is 1. The van der Waals surface area contributed by atoms with Gasteiger partial charge >= 0.3 is 0 Å². The molecule has 2 rings (SSSR count). The smallest absolute Gasteiger partial charge is 0.244 e. The summed E-state index contributed by atoms with van der Waals surface area (Å²) in [4.78, 5) is 13.7. The number of morpholine rings is 1. The number of amides is 1. The van der Waals surface area contributed by atoms with E-state index < -0.39 is 0 Å². The molecular weight excluding hydrogens is 210 g/mol. The molecule has 2 heterocycles. The van der Waals surface area contributed by atoms with E-state index in [4.69, 9.17) is 4.74 Å². The molecule has 1 aromatic heterocycles. The van der Waals surface area contributed by atoms with Crippen molar-refractivity contribution < 1.29 is 9.53 Å². The summed E-state index contributed by atoms with van der Waals surface area (Å²) in [7, 11) is 0. The fourth-order valence-electron chi connectivity index (χ4n) is 1.68. The van der Waals surface area contributed by atoms with Crippen LogP contribution in [0.25, 0.3) is 0 Å². The normalized spacial score (nSPS) is 21.1.